The number of benzene rings is 5. The molecule has 2 aliphatic rings. The molecule has 58 heavy (non-hydrogen) atoms. The first-order chi connectivity index (χ1) is 28.0. The van der Waals surface area contributed by atoms with Crippen molar-refractivity contribution in [2.75, 3.05) is 37.6 Å². The number of methoxy groups -OCH3 is 2. The van der Waals surface area contributed by atoms with E-state index in [4.69, 9.17) is 14.2 Å². The Labute approximate surface area is 341 Å². The number of carbonyl (C=O) groups is 3. The lowest BCUT2D eigenvalue weighted by Crippen LogP contribution is -2.52. The summed E-state index contributed by atoms with van der Waals surface area (Å²) in [5.41, 5.74) is 3.10. The molecule has 2 heterocycles. The van der Waals surface area contributed by atoms with E-state index in [1.54, 1.807) is 48.3 Å². The number of ether oxygens (including phenoxy) is 3. The standard InChI is InChI=1S/C47H51N3O7Si/c1-32-44(58(4,5)39-25-23-38(56-3)24-26-39)42(29-43(52)49(27-28-51)30-33-11-7-6-8-12-33)57-47(32)40-13-9-10-14-41(40)50(46(47)54)31-34-15-19-36(20-16-34)48-45(53)35-17-21-37(55-2)22-18-35/h6-26,32,42,44,51H,27-31H2,1-5H3,(H,48,53)/t32-,42+,44-,47+/m1/s1. The number of fused-ring (bicyclic) bond motifs is 2. The monoisotopic (exact) mass is 797 g/mol. The van der Waals surface area contributed by atoms with Gasteiger partial charge in [-0.1, -0.05) is 98.0 Å². The lowest BCUT2D eigenvalue weighted by atomic mass is 9.82. The van der Waals surface area contributed by atoms with E-state index in [-0.39, 0.29) is 55.3 Å². The van der Waals surface area contributed by atoms with Gasteiger partial charge in [-0.15, -0.1) is 0 Å². The first kappa shape index (κ1) is 40.4. The smallest absolute Gasteiger partial charge is 0.264 e. The van der Waals surface area contributed by atoms with Gasteiger partial charge in [-0.25, -0.2) is 0 Å². The quantitative estimate of drug-likeness (QED) is 0.115. The van der Waals surface area contributed by atoms with Gasteiger partial charge in [0.25, 0.3) is 11.8 Å². The SMILES string of the molecule is COc1ccc(C(=O)Nc2ccc(CN3C(=O)[C@@]4(O[C@@H](CC(=O)N(CCO)Cc5ccccc5)[C@H]([Si](C)(C)c5ccc(OC)cc5)[C@H]4C)c4ccccc43)cc2)cc1. The molecule has 0 radical (unpaired) electrons. The fraction of sp³-hybridized carbons (Fsp3) is 0.298. The second-order valence-corrected chi connectivity index (χ2v) is 20.4. The van der Waals surface area contributed by atoms with Gasteiger partial charge >= 0.3 is 0 Å². The van der Waals surface area contributed by atoms with Crippen molar-refractivity contribution in [1.29, 1.82) is 0 Å². The molecule has 1 saturated heterocycles. The van der Waals surface area contributed by atoms with Crippen molar-refractivity contribution in [3.63, 3.8) is 0 Å². The van der Waals surface area contributed by atoms with Crippen LogP contribution >= 0.6 is 0 Å². The Morgan fingerprint density at radius 1 is 0.828 bits per heavy atom. The van der Waals surface area contributed by atoms with Crippen LogP contribution in [0.25, 0.3) is 0 Å². The van der Waals surface area contributed by atoms with Crippen molar-refractivity contribution in [2.24, 2.45) is 5.92 Å². The average Bonchev–Trinajstić information content (AvgIpc) is 3.67. The fourth-order valence-corrected chi connectivity index (χ4v) is 13.0. The Morgan fingerprint density at radius 3 is 2.09 bits per heavy atom. The molecule has 2 N–H and O–H groups in total. The number of para-hydroxylation sites is 1. The van der Waals surface area contributed by atoms with Crippen molar-refractivity contribution in [1.82, 2.24) is 4.90 Å². The molecule has 10 nitrogen and oxygen atoms in total. The molecule has 0 aromatic heterocycles. The molecule has 5 aromatic carbocycles. The summed E-state index contributed by atoms with van der Waals surface area (Å²) in [4.78, 5) is 46.0. The topological polar surface area (TPSA) is 118 Å². The number of amides is 3. The van der Waals surface area contributed by atoms with Crippen LogP contribution in [0.5, 0.6) is 11.5 Å². The summed E-state index contributed by atoms with van der Waals surface area (Å²) in [7, 11) is 0.723. The third-order valence-electron chi connectivity index (χ3n) is 12.0. The number of rotatable bonds is 14. The van der Waals surface area contributed by atoms with Crippen LogP contribution in [0.15, 0.2) is 127 Å². The van der Waals surface area contributed by atoms with Gasteiger partial charge in [0.15, 0.2) is 5.60 Å². The summed E-state index contributed by atoms with van der Waals surface area (Å²) in [6.07, 6.45) is -0.510. The predicted octanol–water partition coefficient (Wildman–Crippen LogP) is 7.13. The van der Waals surface area contributed by atoms with Gasteiger partial charge in [0.05, 0.1) is 53.7 Å². The van der Waals surface area contributed by atoms with Crippen LogP contribution in [-0.2, 0) is 33.0 Å². The van der Waals surface area contributed by atoms with Crippen LogP contribution in [0.3, 0.4) is 0 Å². The lowest BCUT2D eigenvalue weighted by molar-refractivity contribution is -0.150. The van der Waals surface area contributed by atoms with E-state index in [2.05, 4.69) is 37.5 Å². The molecule has 0 saturated carbocycles. The van der Waals surface area contributed by atoms with Gasteiger partial charge in [0.2, 0.25) is 5.91 Å². The van der Waals surface area contributed by atoms with Gasteiger partial charge in [-0.2, -0.15) is 0 Å². The summed E-state index contributed by atoms with van der Waals surface area (Å²) >= 11 is 0. The third kappa shape index (κ3) is 7.77. The third-order valence-corrected chi connectivity index (χ3v) is 16.3. The minimum Gasteiger partial charge on any atom is -0.497 e. The average molecular weight is 798 g/mol. The lowest BCUT2D eigenvalue weighted by Gasteiger charge is -2.37. The number of nitrogens with one attached hydrogen (secondary N) is 1. The van der Waals surface area contributed by atoms with Gasteiger partial charge < -0.3 is 34.4 Å². The summed E-state index contributed by atoms with van der Waals surface area (Å²) in [5.74, 6) is 0.612. The number of hydrogen-bond donors (Lipinski definition) is 2. The van der Waals surface area contributed by atoms with E-state index in [0.29, 0.717) is 23.5 Å². The Morgan fingerprint density at radius 2 is 1.45 bits per heavy atom. The van der Waals surface area contributed by atoms with Crippen LogP contribution in [0, 0.1) is 5.92 Å². The molecule has 11 heteroatoms. The van der Waals surface area contributed by atoms with Crippen molar-refractivity contribution in [2.45, 2.75) is 56.8 Å². The maximum atomic E-state index is 15.2. The highest BCUT2D eigenvalue weighted by Crippen LogP contribution is 2.60. The van der Waals surface area contributed by atoms with Gasteiger partial charge in [-0.05, 0) is 71.3 Å². The fourth-order valence-electron chi connectivity index (χ4n) is 8.96. The van der Waals surface area contributed by atoms with Crippen LogP contribution in [0.2, 0.25) is 18.6 Å². The zero-order valence-corrected chi connectivity index (χ0v) is 34.7. The highest BCUT2D eigenvalue weighted by atomic mass is 28.3. The minimum atomic E-state index is -2.50. The van der Waals surface area contributed by atoms with Crippen molar-refractivity contribution < 1.29 is 33.7 Å². The zero-order chi connectivity index (χ0) is 41.0. The Balaban J connectivity index is 1.19. The van der Waals surface area contributed by atoms with Crippen LogP contribution in [0.1, 0.15) is 40.4 Å². The summed E-state index contributed by atoms with van der Waals surface area (Å²) < 4.78 is 17.9. The molecular weight excluding hydrogens is 747 g/mol. The highest BCUT2D eigenvalue weighted by Gasteiger charge is 2.66. The maximum Gasteiger partial charge on any atom is 0.264 e. The van der Waals surface area contributed by atoms with Gasteiger partial charge in [-0.3, -0.25) is 14.4 Å². The van der Waals surface area contributed by atoms with E-state index >= 15 is 4.79 Å². The van der Waals surface area contributed by atoms with Gasteiger partial charge in [0.1, 0.15) is 11.5 Å². The summed E-state index contributed by atoms with van der Waals surface area (Å²) in [6, 6.07) is 40.1. The van der Waals surface area contributed by atoms with Crippen LogP contribution in [-0.4, -0.2) is 69.3 Å². The highest BCUT2D eigenvalue weighted by molar-refractivity contribution is 6.91. The molecule has 5 aromatic rings. The molecule has 1 fully saturated rings. The van der Waals surface area contributed by atoms with E-state index in [9.17, 15) is 14.7 Å². The molecule has 3 amide bonds. The number of aliphatic hydroxyl groups excluding tert-OH is 1. The second-order valence-electron chi connectivity index (χ2n) is 15.7. The van der Waals surface area contributed by atoms with Crippen LogP contribution in [0.4, 0.5) is 11.4 Å². The Kier molecular flexibility index (Phi) is 11.9. The van der Waals surface area contributed by atoms with Gasteiger partial charge in [0, 0.05) is 35.8 Å². The number of hydrogen-bond acceptors (Lipinski definition) is 7. The van der Waals surface area contributed by atoms with E-state index in [1.165, 1.54) is 5.19 Å². The first-order valence-corrected chi connectivity index (χ1v) is 22.8. The Hall–Kier alpha value is -5.75. The molecule has 0 bridgehead atoms. The largest absolute Gasteiger partial charge is 0.497 e. The zero-order valence-electron chi connectivity index (χ0n) is 33.7. The molecule has 4 atom stereocenters. The molecular formula is C47H51N3O7Si. The van der Waals surface area contributed by atoms with Crippen molar-refractivity contribution >= 4 is 42.4 Å². The summed E-state index contributed by atoms with van der Waals surface area (Å²) in [5, 5.41) is 14.1. The van der Waals surface area contributed by atoms with Crippen molar-refractivity contribution in [3.8, 4) is 11.5 Å². The van der Waals surface area contributed by atoms with E-state index in [0.717, 1.165) is 28.1 Å². The number of aliphatic hydroxyl groups is 1. The predicted molar refractivity (Wildman–Crippen MR) is 228 cm³/mol. The van der Waals surface area contributed by atoms with E-state index in [1.807, 2.05) is 91.0 Å². The molecule has 2 aliphatic heterocycles. The number of anilines is 2. The molecule has 0 aliphatic carbocycles. The summed E-state index contributed by atoms with van der Waals surface area (Å²) in [6.45, 7) is 7.36. The molecule has 7 rings (SSSR count). The number of carbonyl (C=O) groups excluding carboxylic acids is 3. The molecule has 0 unspecified atom stereocenters. The molecule has 300 valence electrons. The Bertz CT molecular complexity index is 2230. The van der Waals surface area contributed by atoms with Crippen molar-refractivity contribution in [3.05, 3.63) is 150 Å². The normalized spacial score (nSPS) is 19.9. The maximum absolute atomic E-state index is 15.2. The second kappa shape index (κ2) is 17.0. The van der Waals surface area contributed by atoms with Crippen LogP contribution < -0.4 is 24.9 Å². The minimum absolute atomic E-state index is 0.0648. The van der Waals surface area contributed by atoms with E-state index < -0.39 is 19.8 Å². The first-order valence-electron chi connectivity index (χ1n) is 19.7. The molecule has 1 spiro atoms. The number of nitrogens with zero attached hydrogens (tertiary/aromatic N) is 2.